The number of hydrogen-bond acceptors (Lipinski definition) is 4. The van der Waals surface area contributed by atoms with E-state index in [0.717, 1.165) is 30.4 Å². The van der Waals surface area contributed by atoms with E-state index in [2.05, 4.69) is 4.98 Å². The van der Waals surface area contributed by atoms with Gasteiger partial charge in [-0.25, -0.2) is 4.79 Å². The third kappa shape index (κ3) is 2.81. The van der Waals surface area contributed by atoms with E-state index >= 15 is 0 Å². The van der Waals surface area contributed by atoms with Gasteiger partial charge in [-0.1, -0.05) is 6.42 Å². The summed E-state index contributed by atoms with van der Waals surface area (Å²) in [5.41, 5.74) is 1.98. The molecule has 0 radical (unpaired) electrons. The van der Waals surface area contributed by atoms with Crippen molar-refractivity contribution in [2.75, 3.05) is 6.54 Å². The largest absolute Gasteiger partial charge is 0.427 e. The zero-order valence-electron chi connectivity index (χ0n) is 14.1. The number of pyridine rings is 1. The van der Waals surface area contributed by atoms with Crippen molar-refractivity contribution in [3.63, 3.8) is 0 Å². The Morgan fingerprint density at radius 3 is 2.72 bits per heavy atom. The van der Waals surface area contributed by atoms with Crippen molar-refractivity contribution in [1.29, 1.82) is 0 Å². The fourth-order valence-corrected chi connectivity index (χ4v) is 3.58. The quantitative estimate of drug-likeness (QED) is 0.907. The fraction of sp³-hybridized carbons (Fsp3) is 0.421. The summed E-state index contributed by atoms with van der Waals surface area (Å²) in [4.78, 5) is 41.0. The summed E-state index contributed by atoms with van der Waals surface area (Å²) in [6, 6.07) is 3.41. The number of nitrogens with one attached hydrogen (secondary N) is 1. The minimum Gasteiger partial charge on any atom is -0.427 e. The second-order valence-electron chi connectivity index (χ2n) is 6.95. The molecule has 2 aromatic rings. The molecule has 1 N–H and O–H groups in total. The van der Waals surface area contributed by atoms with Gasteiger partial charge in [0.05, 0.1) is 0 Å². The van der Waals surface area contributed by atoms with E-state index in [1.165, 1.54) is 0 Å². The molecule has 6 nitrogen and oxygen atoms in total. The number of fused-ring (bicyclic) bond motifs is 1. The number of aromatic amines is 1. The van der Waals surface area contributed by atoms with E-state index in [-0.39, 0.29) is 17.0 Å². The minimum absolute atomic E-state index is 0.121. The molecule has 2 aromatic heterocycles. The van der Waals surface area contributed by atoms with Crippen molar-refractivity contribution in [2.24, 2.45) is 0 Å². The van der Waals surface area contributed by atoms with Crippen molar-refractivity contribution in [3.05, 3.63) is 67.1 Å². The summed E-state index contributed by atoms with van der Waals surface area (Å²) < 4.78 is 5.44. The highest BCUT2D eigenvalue weighted by Gasteiger charge is 2.28. The van der Waals surface area contributed by atoms with Crippen LogP contribution in [0.25, 0.3) is 0 Å². The van der Waals surface area contributed by atoms with Gasteiger partial charge in [0.15, 0.2) is 0 Å². The number of amides is 1. The van der Waals surface area contributed by atoms with Crippen LogP contribution in [0.5, 0.6) is 0 Å². The SMILES string of the molecule is Cc1cc(C2CCC2)oc(=O)c1C(=O)N1CCc2cc(=O)[nH]cc2C1. The van der Waals surface area contributed by atoms with Gasteiger partial charge in [0.2, 0.25) is 5.56 Å². The molecule has 130 valence electrons. The molecule has 0 aromatic carbocycles. The number of carbonyl (C=O) groups is 1. The smallest absolute Gasteiger partial charge is 0.349 e. The van der Waals surface area contributed by atoms with E-state index in [4.69, 9.17) is 4.42 Å². The van der Waals surface area contributed by atoms with Crippen LogP contribution in [0.4, 0.5) is 0 Å². The molecule has 1 aliphatic carbocycles. The second kappa shape index (κ2) is 6.02. The second-order valence-corrected chi connectivity index (χ2v) is 6.95. The van der Waals surface area contributed by atoms with E-state index in [1.54, 1.807) is 24.1 Å². The van der Waals surface area contributed by atoms with Crippen LogP contribution in [0.1, 0.15) is 58.0 Å². The summed E-state index contributed by atoms with van der Waals surface area (Å²) >= 11 is 0. The molecule has 1 saturated carbocycles. The highest BCUT2D eigenvalue weighted by atomic mass is 16.4. The molecule has 6 heteroatoms. The standard InChI is InChI=1S/C19H20N2O4/c1-11-7-15(12-3-2-4-12)25-19(24)17(11)18(23)21-6-5-13-8-16(22)20-9-14(13)10-21/h7-9,12H,2-6,10H2,1H3,(H,20,22). The summed E-state index contributed by atoms with van der Waals surface area (Å²) in [6.45, 7) is 2.66. The molecule has 1 aliphatic heterocycles. The van der Waals surface area contributed by atoms with E-state index in [1.807, 2.05) is 6.07 Å². The van der Waals surface area contributed by atoms with Crippen LogP contribution in [0.2, 0.25) is 0 Å². The van der Waals surface area contributed by atoms with Gasteiger partial charge in [-0.05, 0) is 48.9 Å². The van der Waals surface area contributed by atoms with Crippen molar-refractivity contribution >= 4 is 5.91 Å². The maximum Gasteiger partial charge on any atom is 0.349 e. The van der Waals surface area contributed by atoms with Crippen LogP contribution in [-0.4, -0.2) is 22.3 Å². The Balaban J connectivity index is 1.62. The van der Waals surface area contributed by atoms with Gasteiger partial charge >= 0.3 is 5.63 Å². The first-order valence-corrected chi connectivity index (χ1v) is 8.67. The van der Waals surface area contributed by atoms with E-state index < -0.39 is 5.63 Å². The van der Waals surface area contributed by atoms with Gasteiger partial charge < -0.3 is 14.3 Å². The molecule has 3 heterocycles. The Morgan fingerprint density at radius 2 is 2.04 bits per heavy atom. The molecule has 0 saturated heterocycles. The summed E-state index contributed by atoms with van der Waals surface area (Å²) in [6.07, 6.45) is 5.48. The molecule has 0 atom stereocenters. The van der Waals surface area contributed by atoms with Gasteiger partial charge in [-0.15, -0.1) is 0 Å². The van der Waals surface area contributed by atoms with Gasteiger partial charge in [0.25, 0.3) is 5.91 Å². The Labute approximate surface area is 144 Å². The highest BCUT2D eigenvalue weighted by Crippen LogP contribution is 2.36. The lowest BCUT2D eigenvalue weighted by Crippen LogP contribution is -2.39. The molecule has 0 bridgehead atoms. The van der Waals surface area contributed by atoms with Gasteiger partial charge in [0, 0.05) is 31.3 Å². The number of hydrogen-bond donors (Lipinski definition) is 1. The predicted octanol–water partition coefficient (Wildman–Crippen LogP) is 2.10. The monoisotopic (exact) mass is 340 g/mol. The van der Waals surface area contributed by atoms with Crippen LogP contribution >= 0.6 is 0 Å². The van der Waals surface area contributed by atoms with Crippen molar-refractivity contribution in [3.8, 4) is 0 Å². The lowest BCUT2D eigenvalue weighted by atomic mass is 9.83. The fourth-order valence-electron chi connectivity index (χ4n) is 3.58. The van der Waals surface area contributed by atoms with Crippen LogP contribution < -0.4 is 11.2 Å². The first kappa shape index (κ1) is 15.9. The lowest BCUT2D eigenvalue weighted by Gasteiger charge is -2.29. The van der Waals surface area contributed by atoms with Crippen molar-refractivity contribution < 1.29 is 9.21 Å². The van der Waals surface area contributed by atoms with E-state index in [9.17, 15) is 14.4 Å². The summed E-state index contributed by atoms with van der Waals surface area (Å²) in [7, 11) is 0. The Bertz CT molecular complexity index is 953. The Kier molecular flexibility index (Phi) is 3.82. The Hall–Kier alpha value is -2.63. The normalized spacial score (nSPS) is 17.1. The predicted molar refractivity (Wildman–Crippen MR) is 91.8 cm³/mol. The highest BCUT2D eigenvalue weighted by molar-refractivity contribution is 5.95. The van der Waals surface area contributed by atoms with Crippen LogP contribution in [0, 0.1) is 6.92 Å². The number of aryl methyl sites for hydroxylation is 1. The van der Waals surface area contributed by atoms with Crippen LogP contribution in [-0.2, 0) is 13.0 Å². The number of aromatic nitrogens is 1. The summed E-state index contributed by atoms with van der Waals surface area (Å²) in [5.74, 6) is 0.712. The number of rotatable bonds is 2. The third-order valence-electron chi connectivity index (χ3n) is 5.30. The molecule has 2 aliphatic rings. The molecule has 4 rings (SSSR count). The molecule has 25 heavy (non-hydrogen) atoms. The molecule has 0 unspecified atom stereocenters. The molecule has 1 amide bonds. The topological polar surface area (TPSA) is 83.4 Å². The molecule has 1 fully saturated rings. The Morgan fingerprint density at radius 1 is 1.24 bits per heavy atom. The lowest BCUT2D eigenvalue weighted by molar-refractivity contribution is 0.0728. The van der Waals surface area contributed by atoms with E-state index in [0.29, 0.717) is 36.8 Å². The molecule has 0 spiro atoms. The van der Waals surface area contributed by atoms with Gasteiger partial charge in [-0.3, -0.25) is 9.59 Å². The first-order chi connectivity index (χ1) is 12.0. The van der Waals surface area contributed by atoms with Crippen molar-refractivity contribution in [1.82, 2.24) is 9.88 Å². The van der Waals surface area contributed by atoms with Crippen LogP contribution in [0.3, 0.4) is 0 Å². The number of H-pyrrole nitrogens is 1. The minimum atomic E-state index is -0.542. The number of nitrogens with zero attached hydrogens (tertiary/aromatic N) is 1. The van der Waals surface area contributed by atoms with Gasteiger partial charge in [0.1, 0.15) is 11.3 Å². The zero-order chi connectivity index (χ0) is 17.6. The number of carbonyl (C=O) groups excluding carboxylic acids is 1. The van der Waals surface area contributed by atoms with Crippen molar-refractivity contribution in [2.45, 2.75) is 45.1 Å². The maximum atomic E-state index is 12.9. The van der Waals surface area contributed by atoms with Gasteiger partial charge in [-0.2, -0.15) is 0 Å². The van der Waals surface area contributed by atoms with Crippen LogP contribution in [0.15, 0.2) is 32.3 Å². The first-order valence-electron chi connectivity index (χ1n) is 8.67. The summed E-state index contributed by atoms with van der Waals surface area (Å²) in [5, 5.41) is 0. The molecular weight excluding hydrogens is 320 g/mol. The average Bonchev–Trinajstić information content (AvgIpc) is 2.52. The third-order valence-corrected chi connectivity index (χ3v) is 5.30. The maximum absolute atomic E-state index is 12.9. The zero-order valence-corrected chi connectivity index (χ0v) is 14.1. The molecular formula is C19H20N2O4. The average molecular weight is 340 g/mol.